The number of nitrogens with one attached hydrogen (secondary N) is 1. The molecule has 0 bridgehead atoms. The highest BCUT2D eigenvalue weighted by molar-refractivity contribution is 7.09. The van der Waals surface area contributed by atoms with Crippen molar-refractivity contribution in [2.24, 2.45) is 5.73 Å². The number of carbonyl (C=O) groups excluding carboxylic acids is 1. The molecule has 2 rings (SSSR count). The van der Waals surface area contributed by atoms with Gasteiger partial charge in [0.25, 0.3) is 5.91 Å². The molecule has 3 N–H and O–H groups in total. The van der Waals surface area contributed by atoms with Gasteiger partial charge in [-0.2, -0.15) is 0 Å². The van der Waals surface area contributed by atoms with Gasteiger partial charge in [-0.05, 0) is 13.5 Å². The molecule has 1 amide bonds. The summed E-state index contributed by atoms with van der Waals surface area (Å²) < 4.78 is 5.25. The van der Waals surface area contributed by atoms with Gasteiger partial charge in [0.2, 0.25) is 5.89 Å². The number of amides is 1. The standard InChI is InChI=1S/C11H14N4O2S/c1-7-4-13-9(17-7)5-14-11(16)8-6-18-10(15-8)2-3-12/h4,6H,2-3,5,12H2,1H3,(H,14,16). The van der Waals surface area contributed by atoms with Crippen molar-refractivity contribution in [2.75, 3.05) is 6.54 Å². The molecule has 0 spiro atoms. The summed E-state index contributed by atoms with van der Waals surface area (Å²) >= 11 is 1.44. The zero-order valence-electron chi connectivity index (χ0n) is 9.97. The van der Waals surface area contributed by atoms with Crippen molar-refractivity contribution in [3.8, 4) is 0 Å². The molecular weight excluding hydrogens is 252 g/mol. The Balaban J connectivity index is 1.90. The first-order valence-corrected chi connectivity index (χ1v) is 6.41. The van der Waals surface area contributed by atoms with Crippen LogP contribution in [0, 0.1) is 6.92 Å². The number of hydrogen-bond acceptors (Lipinski definition) is 6. The zero-order chi connectivity index (χ0) is 13.0. The highest BCUT2D eigenvalue weighted by Crippen LogP contribution is 2.10. The summed E-state index contributed by atoms with van der Waals surface area (Å²) in [5, 5.41) is 5.30. The fourth-order valence-corrected chi connectivity index (χ4v) is 2.18. The van der Waals surface area contributed by atoms with E-state index < -0.39 is 0 Å². The number of aromatic nitrogens is 2. The molecule has 0 aliphatic rings. The van der Waals surface area contributed by atoms with Gasteiger partial charge in [0, 0.05) is 11.8 Å². The van der Waals surface area contributed by atoms with Crippen LogP contribution in [0.5, 0.6) is 0 Å². The van der Waals surface area contributed by atoms with E-state index in [9.17, 15) is 4.79 Å². The zero-order valence-corrected chi connectivity index (χ0v) is 10.8. The number of aryl methyl sites for hydroxylation is 1. The lowest BCUT2D eigenvalue weighted by Gasteiger charge is -1.99. The van der Waals surface area contributed by atoms with Crippen LogP contribution < -0.4 is 11.1 Å². The molecule has 0 aliphatic carbocycles. The Hall–Kier alpha value is -1.73. The van der Waals surface area contributed by atoms with E-state index in [1.165, 1.54) is 11.3 Å². The molecule has 96 valence electrons. The van der Waals surface area contributed by atoms with Crippen molar-refractivity contribution in [1.82, 2.24) is 15.3 Å². The molecule has 0 unspecified atom stereocenters. The van der Waals surface area contributed by atoms with Gasteiger partial charge in [-0.15, -0.1) is 11.3 Å². The van der Waals surface area contributed by atoms with Gasteiger partial charge in [-0.1, -0.05) is 0 Å². The average Bonchev–Trinajstić information content (AvgIpc) is 2.96. The second kappa shape index (κ2) is 5.74. The van der Waals surface area contributed by atoms with Crippen molar-refractivity contribution in [3.63, 3.8) is 0 Å². The predicted molar refractivity (Wildman–Crippen MR) is 67.3 cm³/mol. The van der Waals surface area contributed by atoms with Gasteiger partial charge >= 0.3 is 0 Å². The van der Waals surface area contributed by atoms with E-state index in [0.717, 1.165) is 10.8 Å². The quantitative estimate of drug-likeness (QED) is 0.837. The van der Waals surface area contributed by atoms with Crippen LogP contribution in [0.4, 0.5) is 0 Å². The molecular formula is C11H14N4O2S. The van der Waals surface area contributed by atoms with Crippen LogP contribution in [0.25, 0.3) is 0 Å². The van der Waals surface area contributed by atoms with E-state index in [1.807, 2.05) is 0 Å². The smallest absolute Gasteiger partial charge is 0.271 e. The predicted octanol–water partition coefficient (Wildman–Crippen LogP) is 0.871. The number of nitrogens with zero attached hydrogens (tertiary/aromatic N) is 2. The minimum Gasteiger partial charge on any atom is -0.444 e. The molecule has 2 aromatic rings. The first-order valence-electron chi connectivity index (χ1n) is 5.53. The molecule has 0 aliphatic heterocycles. The van der Waals surface area contributed by atoms with Crippen molar-refractivity contribution in [1.29, 1.82) is 0 Å². The lowest BCUT2D eigenvalue weighted by Crippen LogP contribution is -2.23. The topological polar surface area (TPSA) is 94.0 Å². The molecule has 7 heteroatoms. The number of oxazole rings is 1. The molecule has 6 nitrogen and oxygen atoms in total. The van der Waals surface area contributed by atoms with Crippen LogP contribution >= 0.6 is 11.3 Å². The lowest BCUT2D eigenvalue weighted by atomic mass is 10.4. The Morgan fingerprint density at radius 2 is 2.44 bits per heavy atom. The molecule has 0 saturated carbocycles. The summed E-state index contributed by atoms with van der Waals surface area (Å²) in [6.07, 6.45) is 2.31. The first-order chi connectivity index (χ1) is 8.69. The SMILES string of the molecule is Cc1cnc(CNC(=O)c2csc(CCN)n2)o1. The Morgan fingerprint density at radius 1 is 1.61 bits per heavy atom. The minimum absolute atomic E-state index is 0.231. The molecule has 0 saturated heterocycles. The summed E-state index contributed by atoms with van der Waals surface area (Å²) in [4.78, 5) is 20.0. The largest absolute Gasteiger partial charge is 0.444 e. The van der Waals surface area contributed by atoms with Crippen LogP contribution in [-0.4, -0.2) is 22.4 Å². The molecule has 0 atom stereocenters. The molecule has 18 heavy (non-hydrogen) atoms. The maximum atomic E-state index is 11.8. The van der Waals surface area contributed by atoms with Crippen LogP contribution in [0.2, 0.25) is 0 Å². The normalized spacial score (nSPS) is 10.6. The first kappa shape index (κ1) is 12.7. The van der Waals surface area contributed by atoms with E-state index in [4.69, 9.17) is 10.2 Å². The average molecular weight is 266 g/mol. The Labute approximate surface area is 108 Å². The highest BCUT2D eigenvalue weighted by Gasteiger charge is 2.11. The lowest BCUT2D eigenvalue weighted by molar-refractivity contribution is 0.0942. The van der Waals surface area contributed by atoms with E-state index in [0.29, 0.717) is 24.6 Å². The Bertz CT molecular complexity index is 535. The summed E-state index contributed by atoms with van der Waals surface area (Å²) in [5.41, 5.74) is 5.84. The van der Waals surface area contributed by atoms with Crippen LogP contribution in [0.3, 0.4) is 0 Å². The van der Waals surface area contributed by atoms with Crippen LogP contribution in [0.1, 0.15) is 27.1 Å². The second-order valence-electron chi connectivity index (χ2n) is 3.71. The van der Waals surface area contributed by atoms with E-state index in [2.05, 4.69) is 15.3 Å². The van der Waals surface area contributed by atoms with E-state index in [1.54, 1.807) is 18.5 Å². The van der Waals surface area contributed by atoms with E-state index in [-0.39, 0.29) is 12.5 Å². The molecule has 0 radical (unpaired) electrons. The van der Waals surface area contributed by atoms with Gasteiger partial charge < -0.3 is 15.5 Å². The number of carbonyl (C=O) groups is 1. The fraction of sp³-hybridized carbons (Fsp3) is 0.364. The Kier molecular flexibility index (Phi) is 4.06. The molecule has 0 aromatic carbocycles. The van der Waals surface area contributed by atoms with E-state index >= 15 is 0 Å². The van der Waals surface area contributed by atoms with Crippen molar-refractivity contribution in [3.05, 3.63) is 33.9 Å². The number of rotatable bonds is 5. The van der Waals surface area contributed by atoms with Gasteiger partial charge in [0.05, 0.1) is 17.7 Å². The third-order valence-electron chi connectivity index (χ3n) is 2.21. The summed E-state index contributed by atoms with van der Waals surface area (Å²) in [6, 6.07) is 0. The number of nitrogens with two attached hydrogens (primary N) is 1. The summed E-state index contributed by atoms with van der Waals surface area (Å²) in [5.74, 6) is 0.974. The van der Waals surface area contributed by atoms with Crippen molar-refractivity contribution >= 4 is 17.2 Å². The van der Waals surface area contributed by atoms with Crippen molar-refractivity contribution < 1.29 is 9.21 Å². The molecule has 2 aromatic heterocycles. The van der Waals surface area contributed by atoms with Crippen LogP contribution in [0.15, 0.2) is 16.0 Å². The minimum atomic E-state index is -0.231. The Morgan fingerprint density at radius 3 is 3.11 bits per heavy atom. The van der Waals surface area contributed by atoms with Crippen molar-refractivity contribution in [2.45, 2.75) is 19.9 Å². The van der Waals surface area contributed by atoms with Gasteiger partial charge in [-0.3, -0.25) is 4.79 Å². The molecule has 0 fully saturated rings. The number of hydrogen-bond donors (Lipinski definition) is 2. The third kappa shape index (κ3) is 3.14. The van der Waals surface area contributed by atoms with Gasteiger partial charge in [-0.25, -0.2) is 9.97 Å². The third-order valence-corrected chi connectivity index (χ3v) is 3.12. The fourth-order valence-electron chi connectivity index (χ4n) is 1.38. The molecule has 2 heterocycles. The summed E-state index contributed by atoms with van der Waals surface area (Å²) in [6.45, 7) is 2.60. The van der Waals surface area contributed by atoms with Gasteiger partial charge in [0.1, 0.15) is 11.5 Å². The highest BCUT2D eigenvalue weighted by atomic mass is 32.1. The van der Waals surface area contributed by atoms with Gasteiger partial charge in [0.15, 0.2) is 0 Å². The maximum Gasteiger partial charge on any atom is 0.271 e. The van der Waals surface area contributed by atoms with Crippen LogP contribution in [-0.2, 0) is 13.0 Å². The number of thiazole rings is 1. The maximum absolute atomic E-state index is 11.8. The monoisotopic (exact) mass is 266 g/mol. The second-order valence-corrected chi connectivity index (χ2v) is 4.66. The summed E-state index contributed by atoms with van der Waals surface area (Å²) in [7, 11) is 0.